The summed E-state index contributed by atoms with van der Waals surface area (Å²) in [6.07, 6.45) is 0. The largest absolute Gasteiger partial charge is 0.478 e. The summed E-state index contributed by atoms with van der Waals surface area (Å²) in [5, 5.41) is 13.0. The zero-order chi connectivity index (χ0) is 14.4. The fourth-order valence-corrected chi connectivity index (χ4v) is 2.28. The molecule has 2 aromatic carbocycles. The number of nitrogens with zero attached hydrogens (tertiary/aromatic N) is 1. The minimum Gasteiger partial charge on any atom is -0.478 e. The highest BCUT2D eigenvalue weighted by Crippen LogP contribution is 2.24. The Kier molecular flexibility index (Phi) is 5.11. The van der Waals surface area contributed by atoms with Gasteiger partial charge in [-0.05, 0) is 24.3 Å². The Labute approximate surface area is 127 Å². The predicted octanol–water partition coefficient (Wildman–Crippen LogP) is 4.51. The topological polar surface area (TPSA) is 45.0 Å². The average Bonchev–Trinajstić information content (AvgIpc) is 2.43. The minimum atomic E-state index is 0.0278. The van der Waals surface area contributed by atoms with Crippen LogP contribution in [-0.2, 0) is 6.54 Å². The summed E-state index contributed by atoms with van der Waals surface area (Å²) < 4.78 is 5.37. The summed E-state index contributed by atoms with van der Waals surface area (Å²) in [5.41, 5.74) is 1.79. The summed E-state index contributed by atoms with van der Waals surface area (Å²) in [6, 6.07) is 14.8. The van der Waals surface area contributed by atoms with Crippen molar-refractivity contribution < 1.29 is 4.74 Å². The summed E-state index contributed by atoms with van der Waals surface area (Å²) in [7, 11) is 0. The molecule has 0 aliphatic carbocycles. The van der Waals surface area contributed by atoms with Crippen molar-refractivity contribution in [2.75, 3.05) is 11.9 Å². The van der Waals surface area contributed by atoms with E-state index in [0.717, 1.165) is 11.3 Å². The van der Waals surface area contributed by atoms with E-state index in [1.165, 1.54) is 0 Å². The molecule has 0 amide bonds. The molecule has 0 aliphatic rings. The van der Waals surface area contributed by atoms with Gasteiger partial charge in [-0.25, -0.2) is 0 Å². The molecule has 0 radical (unpaired) electrons. The molecule has 0 heterocycles. The third-order valence-electron chi connectivity index (χ3n) is 2.61. The standard InChI is InChI=1S/C15H12Cl2N2O/c16-12-7-13(17)9-14(8-12)19-10-11-3-1-2-4-15(11)20-6-5-18/h1-4,7-9,19H,6,10H2. The maximum absolute atomic E-state index is 8.57. The number of hydrogen-bond acceptors (Lipinski definition) is 3. The van der Waals surface area contributed by atoms with E-state index in [2.05, 4.69) is 5.32 Å². The number of hydrogen-bond donors (Lipinski definition) is 1. The Morgan fingerprint density at radius 3 is 2.50 bits per heavy atom. The molecule has 0 spiro atoms. The monoisotopic (exact) mass is 306 g/mol. The molecular formula is C15H12Cl2N2O. The SMILES string of the molecule is N#CCOc1ccccc1CNc1cc(Cl)cc(Cl)c1. The third-order valence-corrected chi connectivity index (χ3v) is 3.05. The van der Waals surface area contributed by atoms with Crippen molar-refractivity contribution in [1.82, 2.24) is 0 Å². The van der Waals surface area contributed by atoms with Gasteiger partial charge in [0.25, 0.3) is 0 Å². The number of halogens is 2. The van der Waals surface area contributed by atoms with E-state index in [-0.39, 0.29) is 6.61 Å². The van der Waals surface area contributed by atoms with Gasteiger partial charge in [-0.1, -0.05) is 41.4 Å². The van der Waals surface area contributed by atoms with Crippen LogP contribution in [0, 0.1) is 11.3 Å². The van der Waals surface area contributed by atoms with Gasteiger partial charge in [0.15, 0.2) is 6.61 Å². The lowest BCUT2D eigenvalue weighted by Gasteiger charge is -2.11. The van der Waals surface area contributed by atoms with Gasteiger partial charge in [-0.3, -0.25) is 0 Å². The van der Waals surface area contributed by atoms with E-state index in [1.807, 2.05) is 30.3 Å². The zero-order valence-corrected chi connectivity index (χ0v) is 12.1. The van der Waals surface area contributed by atoms with Gasteiger partial charge < -0.3 is 10.1 Å². The first-order valence-electron chi connectivity index (χ1n) is 5.96. The Bertz CT molecular complexity index is 618. The van der Waals surface area contributed by atoms with Gasteiger partial charge in [0.2, 0.25) is 0 Å². The maximum Gasteiger partial charge on any atom is 0.174 e. The molecular weight excluding hydrogens is 295 g/mol. The van der Waals surface area contributed by atoms with Crippen LogP contribution < -0.4 is 10.1 Å². The molecule has 0 aromatic heterocycles. The van der Waals surface area contributed by atoms with Crippen LogP contribution in [0.15, 0.2) is 42.5 Å². The van der Waals surface area contributed by atoms with Gasteiger partial charge in [0, 0.05) is 27.8 Å². The number of para-hydroxylation sites is 1. The number of nitrogens with one attached hydrogen (secondary N) is 1. The quantitative estimate of drug-likeness (QED) is 0.884. The van der Waals surface area contributed by atoms with Crippen molar-refractivity contribution in [3.8, 4) is 11.8 Å². The highest BCUT2D eigenvalue weighted by Gasteiger charge is 2.04. The van der Waals surface area contributed by atoms with Crippen molar-refractivity contribution in [1.29, 1.82) is 5.26 Å². The highest BCUT2D eigenvalue weighted by atomic mass is 35.5. The van der Waals surface area contributed by atoms with Crippen LogP contribution in [0.2, 0.25) is 10.0 Å². The summed E-state index contributed by atoms with van der Waals surface area (Å²) >= 11 is 11.9. The van der Waals surface area contributed by atoms with Gasteiger partial charge >= 0.3 is 0 Å². The highest BCUT2D eigenvalue weighted by molar-refractivity contribution is 6.35. The van der Waals surface area contributed by atoms with Gasteiger partial charge in [-0.15, -0.1) is 0 Å². The first kappa shape index (κ1) is 14.5. The van der Waals surface area contributed by atoms with E-state index < -0.39 is 0 Å². The average molecular weight is 307 g/mol. The number of nitriles is 1. The minimum absolute atomic E-state index is 0.0278. The van der Waals surface area contributed by atoms with Crippen molar-refractivity contribution in [3.63, 3.8) is 0 Å². The predicted molar refractivity (Wildman–Crippen MR) is 81.3 cm³/mol. The second-order valence-electron chi connectivity index (χ2n) is 4.07. The fourth-order valence-electron chi connectivity index (χ4n) is 1.75. The molecule has 0 fully saturated rings. The van der Waals surface area contributed by atoms with Crippen molar-refractivity contribution >= 4 is 28.9 Å². The van der Waals surface area contributed by atoms with Crippen molar-refractivity contribution in [2.24, 2.45) is 0 Å². The van der Waals surface area contributed by atoms with E-state index in [4.69, 9.17) is 33.2 Å². The number of benzene rings is 2. The molecule has 0 saturated heterocycles. The lowest BCUT2D eigenvalue weighted by Crippen LogP contribution is -2.03. The van der Waals surface area contributed by atoms with E-state index >= 15 is 0 Å². The molecule has 0 bridgehead atoms. The smallest absolute Gasteiger partial charge is 0.174 e. The Hall–Kier alpha value is -1.89. The number of anilines is 1. The van der Waals surface area contributed by atoms with Crippen LogP contribution in [0.4, 0.5) is 5.69 Å². The lowest BCUT2D eigenvalue weighted by molar-refractivity contribution is 0.364. The molecule has 3 nitrogen and oxygen atoms in total. The van der Waals surface area contributed by atoms with Crippen LogP contribution in [0.1, 0.15) is 5.56 Å². The van der Waals surface area contributed by atoms with E-state index in [0.29, 0.717) is 22.3 Å². The Morgan fingerprint density at radius 2 is 1.80 bits per heavy atom. The Balaban J connectivity index is 2.08. The normalized spacial score (nSPS) is 9.85. The van der Waals surface area contributed by atoms with E-state index in [1.54, 1.807) is 18.2 Å². The van der Waals surface area contributed by atoms with Gasteiger partial charge in [0.05, 0.1) is 0 Å². The molecule has 20 heavy (non-hydrogen) atoms. The maximum atomic E-state index is 8.57. The van der Waals surface area contributed by atoms with E-state index in [9.17, 15) is 0 Å². The van der Waals surface area contributed by atoms with Crippen molar-refractivity contribution in [2.45, 2.75) is 6.54 Å². The lowest BCUT2D eigenvalue weighted by atomic mass is 10.2. The molecule has 2 aromatic rings. The van der Waals surface area contributed by atoms with Crippen LogP contribution in [0.5, 0.6) is 5.75 Å². The van der Waals surface area contributed by atoms with Crippen LogP contribution >= 0.6 is 23.2 Å². The zero-order valence-electron chi connectivity index (χ0n) is 10.6. The van der Waals surface area contributed by atoms with Crippen molar-refractivity contribution in [3.05, 3.63) is 58.1 Å². The molecule has 0 atom stereocenters. The summed E-state index contributed by atoms with van der Waals surface area (Å²) in [6.45, 7) is 0.582. The molecule has 102 valence electrons. The third kappa shape index (κ3) is 4.06. The van der Waals surface area contributed by atoms with Crippen LogP contribution in [0.25, 0.3) is 0 Å². The van der Waals surface area contributed by atoms with Crippen LogP contribution in [-0.4, -0.2) is 6.61 Å². The number of ether oxygens (including phenoxy) is 1. The first-order chi connectivity index (χ1) is 9.69. The first-order valence-corrected chi connectivity index (χ1v) is 6.72. The summed E-state index contributed by atoms with van der Waals surface area (Å²) in [5.74, 6) is 0.690. The molecule has 0 aliphatic heterocycles. The Morgan fingerprint density at radius 1 is 1.10 bits per heavy atom. The molecule has 1 N–H and O–H groups in total. The van der Waals surface area contributed by atoms with Gasteiger partial charge in [0.1, 0.15) is 11.8 Å². The molecule has 5 heteroatoms. The molecule has 0 unspecified atom stereocenters. The van der Waals surface area contributed by atoms with Gasteiger partial charge in [-0.2, -0.15) is 5.26 Å². The van der Waals surface area contributed by atoms with Crippen LogP contribution in [0.3, 0.4) is 0 Å². The summed E-state index contributed by atoms with van der Waals surface area (Å²) in [4.78, 5) is 0. The molecule has 0 saturated carbocycles. The molecule has 2 rings (SSSR count). The number of rotatable bonds is 5. The second-order valence-corrected chi connectivity index (χ2v) is 4.94. The fraction of sp³-hybridized carbons (Fsp3) is 0.133. The second kappa shape index (κ2) is 7.04.